The first-order valence-electron chi connectivity index (χ1n) is 3.93. The molecule has 0 bridgehead atoms. The van der Waals surface area contributed by atoms with Gasteiger partial charge in [0.05, 0.1) is 0 Å². The minimum atomic E-state index is -4.17. The van der Waals surface area contributed by atoms with Gasteiger partial charge in [-0.2, -0.15) is 13.2 Å². The highest BCUT2D eigenvalue weighted by Gasteiger charge is 2.63. The van der Waals surface area contributed by atoms with E-state index < -0.39 is 11.6 Å². The van der Waals surface area contributed by atoms with Gasteiger partial charge in [-0.25, -0.2) is 0 Å². The van der Waals surface area contributed by atoms with E-state index in [0.29, 0.717) is 11.1 Å². The minimum absolute atomic E-state index is 0.361. The van der Waals surface area contributed by atoms with Crippen molar-refractivity contribution >= 4 is 0 Å². The van der Waals surface area contributed by atoms with Crippen molar-refractivity contribution in [1.82, 2.24) is 0 Å². The summed E-state index contributed by atoms with van der Waals surface area (Å²) in [5.41, 5.74) is -0.926. The Morgan fingerprint density at radius 3 is 2.23 bits per heavy atom. The lowest BCUT2D eigenvalue weighted by Crippen LogP contribution is -2.25. The third-order valence-electron chi connectivity index (χ3n) is 2.60. The zero-order valence-corrected chi connectivity index (χ0v) is 7.57. The molecule has 3 heteroatoms. The molecule has 1 rings (SSSR count). The third kappa shape index (κ3) is 1.32. The summed E-state index contributed by atoms with van der Waals surface area (Å²) in [6.07, 6.45) is 0.291. The van der Waals surface area contributed by atoms with E-state index in [4.69, 9.17) is 0 Å². The number of hydrogen-bond donors (Lipinski definition) is 0. The van der Waals surface area contributed by atoms with Crippen LogP contribution in [0.3, 0.4) is 0 Å². The first-order chi connectivity index (χ1) is 5.85. The van der Waals surface area contributed by atoms with Crippen LogP contribution >= 0.6 is 0 Å². The Morgan fingerprint density at radius 1 is 1.38 bits per heavy atom. The van der Waals surface area contributed by atoms with Gasteiger partial charge >= 0.3 is 6.18 Å². The Hall–Kier alpha value is -0.990. The van der Waals surface area contributed by atoms with E-state index in [1.165, 1.54) is 32.1 Å². The molecule has 0 N–H and O–H groups in total. The standard InChI is InChI=1S/C10H11F3/c1-4-5-6-8-7(2)9(8,3)10(11,12)13/h4-6H,1H2,2-3H3/b6-5-. The van der Waals surface area contributed by atoms with Gasteiger partial charge in [-0.05, 0) is 25.0 Å². The monoisotopic (exact) mass is 188 g/mol. The number of rotatable bonds is 2. The SMILES string of the molecule is C=C/C=C\C1=C(C)C1(C)C(F)(F)F. The van der Waals surface area contributed by atoms with E-state index >= 15 is 0 Å². The van der Waals surface area contributed by atoms with E-state index in [0.717, 1.165) is 0 Å². The maximum absolute atomic E-state index is 12.5. The molecular formula is C10H11F3. The van der Waals surface area contributed by atoms with Crippen LogP contribution in [0.4, 0.5) is 13.2 Å². The number of hydrogen-bond acceptors (Lipinski definition) is 0. The van der Waals surface area contributed by atoms with Crippen molar-refractivity contribution in [3.05, 3.63) is 36.0 Å². The smallest absolute Gasteiger partial charge is 0.170 e. The summed E-state index contributed by atoms with van der Waals surface area (Å²) in [7, 11) is 0. The van der Waals surface area contributed by atoms with Gasteiger partial charge in [-0.3, -0.25) is 0 Å². The maximum atomic E-state index is 12.5. The molecule has 1 aliphatic rings. The fourth-order valence-corrected chi connectivity index (χ4v) is 1.38. The Balaban J connectivity index is 2.83. The van der Waals surface area contributed by atoms with Gasteiger partial charge in [0.1, 0.15) is 5.41 Å². The molecule has 0 saturated heterocycles. The largest absolute Gasteiger partial charge is 0.401 e. The molecule has 1 aliphatic carbocycles. The van der Waals surface area contributed by atoms with Crippen LogP contribution in [0.25, 0.3) is 0 Å². The highest BCUT2D eigenvalue weighted by atomic mass is 19.4. The van der Waals surface area contributed by atoms with Crippen LogP contribution in [-0.4, -0.2) is 6.18 Å². The molecule has 0 aliphatic heterocycles. The van der Waals surface area contributed by atoms with Crippen LogP contribution in [0.1, 0.15) is 13.8 Å². The summed E-state index contributed by atoms with van der Waals surface area (Å²) in [6.45, 7) is 6.11. The summed E-state index contributed by atoms with van der Waals surface area (Å²) in [5, 5.41) is 0. The summed E-state index contributed by atoms with van der Waals surface area (Å²) in [6, 6.07) is 0. The molecule has 0 spiro atoms. The lowest BCUT2D eigenvalue weighted by molar-refractivity contribution is -0.175. The van der Waals surface area contributed by atoms with Gasteiger partial charge in [-0.15, -0.1) is 0 Å². The molecule has 0 aromatic heterocycles. The fraction of sp³-hybridized carbons (Fsp3) is 0.400. The quantitative estimate of drug-likeness (QED) is 0.580. The van der Waals surface area contributed by atoms with Gasteiger partial charge in [0.25, 0.3) is 0 Å². The van der Waals surface area contributed by atoms with Crippen molar-refractivity contribution < 1.29 is 13.2 Å². The number of halogens is 3. The van der Waals surface area contributed by atoms with Crippen molar-refractivity contribution in [1.29, 1.82) is 0 Å². The molecule has 0 aromatic rings. The summed E-state index contributed by atoms with van der Waals surface area (Å²) in [5.74, 6) is 0. The topological polar surface area (TPSA) is 0 Å². The first-order valence-corrected chi connectivity index (χ1v) is 3.93. The molecule has 0 amide bonds. The van der Waals surface area contributed by atoms with E-state index in [1.54, 1.807) is 0 Å². The molecule has 0 nitrogen and oxygen atoms in total. The normalized spacial score (nSPS) is 28.4. The van der Waals surface area contributed by atoms with Gasteiger partial charge in [-0.1, -0.05) is 24.8 Å². The van der Waals surface area contributed by atoms with E-state index in [2.05, 4.69) is 6.58 Å². The zero-order chi connectivity index (χ0) is 10.3. The van der Waals surface area contributed by atoms with Crippen LogP contribution in [0.15, 0.2) is 36.0 Å². The Labute approximate surface area is 75.4 Å². The number of allylic oxidation sites excluding steroid dienone is 5. The molecule has 0 saturated carbocycles. The van der Waals surface area contributed by atoms with Gasteiger partial charge in [0, 0.05) is 0 Å². The van der Waals surface area contributed by atoms with E-state index in [9.17, 15) is 13.2 Å². The fourth-order valence-electron chi connectivity index (χ4n) is 1.38. The van der Waals surface area contributed by atoms with Crippen LogP contribution in [0.2, 0.25) is 0 Å². The van der Waals surface area contributed by atoms with Gasteiger partial charge in [0.2, 0.25) is 0 Å². The van der Waals surface area contributed by atoms with Crippen LogP contribution < -0.4 is 0 Å². The molecule has 1 atom stereocenters. The van der Waals surface area contributed by atoms with Crippen molar-refractivity contribution in [2.75, 3.05) is 0 Å². The van der Waals surface area contributed by atoms with Gasteiger partial charge < -0.3 is 0 Å². The minimum Gasteiger partial charge on any atom is -0.170 e. The van der Waals surface area contributed by atoms with Crippen molar-refractivity contribution in [2.45, 2.75) is 20.0 Å². The first kappa shape index (κ1) is 10.1. The maximum Gasteiger partial charge on any atom is 0.401 e. The predicted molar refractivity (Wildman–Crippen MR) is 46.2 cm³/mol. The van der Waals surface area contributed by atoms with Gasteiger partial charge in [0.15, 0.2) is 0 Å². The Kier molecular flexibility index (Phi) is 2.14. The second kappa shape index (κ2) is 2.76. The second-order valence-electron chi connectivity index (χ2n) is 3.26. The highest BCUT2D eigenvalue weighted by Crippen LogP contribution is 2.62. The summed E-state index contributed by atoms with van der Waals surface area (Å²) < 4.78 is 37.4. The molecule has 0 fully saturated rings. The average molecular weight is 188 g/mol. The summed E-state index contributed by atoms with van der Waals surface area (Å²) >= 11 is 0. The highest BCUT2D eigenvalue weighted by molar-refractivity contribution is 5.55. The Bertz CT molecular complexity index is 294. The van der Waals surface area contributed by atoms with E-state index in [1.807, 2.05) is 0 Å². The van der Waals surface area contributed by atoms with Crippen LogP contribution in [0.5, 0.6) is 0 Å². The molecule has 0 aromatic carbocycles. The second-order valence-corrected chi connectivity index (χ2v) is 3.26. The third-order valence-corrected chi connectivity index (χ3v) is 2.60. The lowest BCUT2D eigenvalue weighted by atomic mass is 10.00. The van der Waals surface area contributed by atoms with Crippen LogP contribution in [0, 0.1) is 5.41 Å². The average Bonchev–Trinajstić information content (AvgIpc) is 2.52. The van der Waals surface area contributed by atoms with Crippen molar-refractivity contribution in [3.63, 3.8) is 0 Å². The molecule has 72 valence electrons. The van der Waals surface area contributed by atoms with Crippen LogP contribution in [-0.2, 0) is 0 Å². The lowest BCUT2D eigenvalue weighted by Gasteiger charge is -2.16. The number of alkyl halides is 3. The molecular weight excluding hydrogens is 177 g/mol. The molecule has 0 heterocycles. The van der Waals surface area contributed by atoms with E-state index in [-0.39, 0.29) is 0 Å². The summed E-state index contributed by atoms with van der Waals surface area (Å²) in [4.78, 5) is 0. The molecule has 1 unspecified atom stereocenters. The Morgan fingerprint density at radius 2 is 1.92 bits per heavy atom. The van der Waals surface area contributed by atoms with Crippen molar-refractivity contribution in [2.24, 2.45) is 5.41 Å². The molecule has 13 heavy (non-hydrogen) atoms. The molecule has 0 radical (unpaired) electrons. The predicted octanol–water partition coefficient (Wildman–Crippen LogP) is 3.63. The van der Waals surface area contributed by atoms with Crippen molar-refractivity contribution in [3.8, 4) is 0 Å². The zero-order valence-electron chi connectivity index (χ0n) is 7.57.